The van der Waals surface area contributed by atoms with Gasteiger partial charge in [0.05, 0.1) is 7.11 Å². The molecular formula is C11H11FO2. The van der Waals surface area contributed by atoms with E-state index in [4.69, 9.17) is 0 Å². The van der Waals surface area contributed by atoms with Gasteiger partial charge in [0.2, 0.25) is 5.67 Å². The van der Waals surface area contributed by atoms with Gasteiger partial charge in [0.15, 0.2) is 0 Å². The Hall–Kier alpha value is -1.38. The van der Waals surface area contributed by atoms with E-state index in [1.54, 1.807) is 12.1 Å². The fourth-order valence-electron chi connectivity index (χ4n) is 1.94. The third kappa shape index (κ3) is 1.12. The molecule has 1 aliphatic rings. The van der Waals surface area contributed by atoms with Crippen molar-refractivity contribution in [3.63, 3.8) is 0 Å². The molecule has 74 valence electrons. The third-order valence-electron chi connectivity index (χ3n) is 2.69. The number of esters is 1. The summed E-state index contributed by atoms with van der Waals surface area (Å²) in [5, 5.41) is 0. The van der Waals surface area contributed by atoms with Gasteiger partial charge >= 0.3 is 5.97 Å². The molecule has 0 saturated carbocycles. The second-order valence-corrected chi connectivity index (χ2v) is 3.45. The standard InChI is InChI=1S/C11H11FO2/c1-14-10(13)11(12)7-6-8-4-2-3-5-9(8)11/h2-5H,6-7H2,1H3/t11-/m1/s1. The largest absolute Gasteiger partial charge is 0.466 e. The van der Waals surface area contributed by atoms with E-state index in [2.05, 4.69) is 4.74 Å². The van der Waals surface area contributed by atoms with E-state index >= 15 is 0 Å². The predicted octanol–water partition coefficient (Wildman–Crippen LogP) is 1.97. The second-order valence-electron chi connectivity index (χ2n) is 3.45. The molecule has 2 rings (SSSR count). The highest BCUT2D eigenvalue weighted by Gasteiger charge is 2.46. The van der Waals surface area contributed by atoms with Crippen molar-refractivity contribution in [1.82, 2.24) is 0 Å². The van der Waals surface area contributed by atoms with Crippen molar-refractivity contribution < 1.29 is 13.9 Å². The number of fused-ring (bicyclic) bond motifs is 1. The van der Waals surface area contributed by atoms with Gasteiger partial charge in [-0.25, -0.2) is 9.18 Å². The van der Waals surface area contributed by atoms with Gasteiger partial charge < -0.3 is 4.74 Å². The molecular weight excluding hydrogens is 183 g/mol. The van der Waals surface area contributed by atoms with Gasteiger partial charge in [-0.1, -0.05) is 24.3 Å². The van der Waals surface area contributed by atoms with Crippen LogP contribution >= 0.6 is 0 Å². The number of hydrogen-bond donors (Lipinski definition) is 0. The lowest BCUT2D eigenvalue weighted by molar-refractivity contribution is -0.155. The Kier molecular flexibility index (Phi) is 2.02. The van der Waals surface area contributed by atoms with Crippen LogP contribution < -0.4 is 0 Å². The molecule has 1 atom stereocenters. The minimum Gasteiger partial charge on any atom is -0.466 e. The average Bonchev–Trinajstić information content (AvgIpc) is 2.58. The summed E-state index contributed by atoms with van der Waals surface area (Å²) in [6.45, 7) is 0. The van der Waals surface area contributed by atoms with Crippen LogP contribution in [0.4, 0.5) is 4.39 Å². The number of carbonyl (C=O) groups excluding carboxylic acids is 1. The van der Waals surface area contributed by atoms with Crippen LogP contribution in [0.3, 0.4) is 0 Å². The minimum atomic E-state index is -1.93. The Morgan fingerprint density at radius 3 is 2.93 bits per heavy atom. The summed E-state index contributed by atoms with van der Waals surface area (Å²) in [5.41, 5.74) is -0.557. The van der Waals surface area contributed by atoms with Crippen molar-refractivity contribution in [1.29, 1.82) is 0 Å². The highest BCUT2D eigenvalue weighted by molar-refractivity contribution is 5.82. The maximum absolute atomic E-state index is 14.2. The topological polar surface area (TPSA) is 26.3 Å². The van der Waals surface area contributed by atoms with E-state index in [0.717, 1.165) is 5.56 Å². The van der Waals surface area contributed by atoms with Crippen LogP contribution in [0.25, 0.3) is 0 Å². The van der Waals surface area contributed by atoms with Gasteiger partial charge in [-0.05, 0) is 12.0 Å². The molecule has 1 aliphatic carbocycles. The molecule has 0 unspecified atom stereocenters. The van der Waals surface area contributed by atoms with E-state index in [1.807, 2.05) is 12.1 Å². The number of methoxy groups -OCH3 is 1. The molecule has 0 spiro atoms. The molecule has 0 heterocycles. The van der Waals surface area contributed by atoms with Crippen molar-refractivity contribution in [2.45, 2.75) is 18.5 Å². The summed E-state index contributed by atoms with van der Waals surface area (Å²) in [6.07, 6.45) is 0.792. The Labute approximate surface area is 81.7 Å². The molecule has 0 amide bonds. The van der Waals surface area contributed by atoms with Crippen LogP contribution in [0, 0.1) is 0 Å². The van der Waals surface area contributed by atoms with Gasteiger partial charge in [-0.3, -0.25) is 0 Å². The SMILES string of the molecule is COC(=O)[C@@]1(F)CCc2ccccc21. The van der Waals surface area contributed by atoms with E-state index < -0.39 is 11.6 Å². The molecule has 2 nitrogen and oxygen atoms in total. The molecule has 0 N–H and O–H groups in total. The number of rotatable bonds is 1. The lowest BCUT2D eigenvalue weighted by atomic mass is 9.98. The number of halogens is 1. The van der Waals surface area contributed by atoms with Gasteiger partial charge in [-0.15, -0.1) is 0 Å². The maximum Gasteiger partial charge on any atom is 0.348 e. The Morgan fingerprint density at radius 1 is 1.50 bits per heavy atom. The molecule has 3 heteroatoms. The quantitative estimate of drug-likeness (QED) is 0.639. The van der Waals surface area contributed by atoms with Crippen LogP contribution in [0.15, 0.2) is 24.3 Å². The van der Waals surface area contributed by atoms with Gasteiger partial charge in [0.25, 0.3) is 0 Å². The summed E-state index contributed by atoms with van der Waals surface area (Å²) < 4.78 is 18.7. The van der Waals surface area contributed by atoms with Crippen molar-refractivity contribution in [2.24, 2.45) is 0 Å². The van der Waals surface area contributed by atoms with E-state index in [1.165, 1.54) is 7.11 Å². The van der Waals surface area contributed by atoms with Gasteiger partial charge in [0.1, 0.15) is 0 Å². The Morgan fingerprint density at radius 2 is 2.21 bits per heavy atom. The molecule has 0 saturated heterocycles. The summed E-state index contributed by atoms with van der Waals surface area (Å²) in [4.78, 5) is 11.3. The summed E-state index contributed by atoms with van der Waals surface area (Å²) >= 11 is 0. The maximum atomic E-state index is 14.2. The minimum absolute atomic E-state index is 0.193. The first-order chi connectivity index (χ1) is 6.68. The van der Waals surface area contributed by atoms with Crippen LogP contribution in [0.2, 0.25) is 0 Å². The number of ether oxygens (including phenoxy) is 1. The zero-order valence-corrected chi connectivity index (χ0v) is 7.92. The monoisotopic (exact) mass is 194 g/mol. The van der Waals surface area contributed by atoms with Crippen LogP contribution in [0.1, 0.15) is 17.5 Å². The smallest absolute Gasteiger partial charge is 0.348 e. The molecule has 1 aromatic carbocycles. The first-order valence-corrected chi connectivity index (χ1v) is 4.54. The molecule has 0 bridgehead atoms. The Bertz CT molecular complexity index is 375. The highest BCUT2D eigenvalue weighted by atomic mass is 19.1. The van der Waals surface area contributed by atoms with Crippen molar-refractivity contribution in [2.75, 3.05) is 7.11 Å². The molecule has 0 aromatic heterocycles. The lowest BCUT2D eigenvalue weighted by Crippen LogP contribution is -2.29. The molecule has 14 heavy (non-hydrogen) atoms. The van der Waals surface area contributed by atoms with E-state index in [9.17, 15) is 9.18 Å². The fourth-order valence-corrected chi connectivity index (χ4v) is 1.94. The predicted molar refractivity (Wildman–Crippen MR) is 49.6 cm³/mol. The number of alkyl halides is 1. The average molecular weight is 194 g/mol. The normalized spacial score (nSPS) is 24.4. The van der Waals surface area contributed by atoms with Gasteiger partial charge in [-0.2, -0.15) is 0 Å². The zero-order chi connectivity index (χ0) is 10.2. The second kappa shape index (κ2) is 3.08. The molecule has 0 aliphatic heterocycles. The third-order valence-corrected chi connectivity index (χ3v) is 2.69. The zero-order valence-electron chi connectivity index (χ0n) is 7.92. The van der Waals surface area contributed by atoms with E-state index in [0.29, 0.717) is 12.0 Å². The molecule has 1 aromatic rings. The van der Waals surface area contributed by atoms with Crippen LogP contribution in [-0.4, -0.2) is 13.1 Å². The van der Waals surface area contributed by atoms with Crippen molar-refractivity contribution >= 4 is 5.97 Å². The van der Waals surface area contributed by atoms with Crippen molar-refractivity contribution in [3.8, 4) is 0 Å². The number of benzene rings is 1. The lowest BCUT2D eigenvalue weighted by Gasteiger charge is -2.17. The van der Waals surface area contributed by atoms with Gasteiger partial charge in [0, 0.05) is 12.0 Å². The number of carbonyl (C=O) groups is 1. The molecule has 0 radical (unpaired) electrons. The number of aryl methyl sites for hydroxylation is 1. The summed E-state index contributed by atoms with van der Waals surface area (Å²) in [6, 6.07) is 7.09. The highest BCUT2D eigenvalue weighted by Crippen LogP contribution is 2.40. The van der Waals surface area contributed by atoms with Crippen LogP contribution in [-0.2, 0) is 21.6 Å². The van der Waals surface area contributed by atoms with Crippen LogP contribution in [0.5, 0.6) is 0 Å². The summed E-state index contributed by atoms with van der Waals surface area (Å²) in [5.74, 6) is -0.789. The van der Waals surface area contributed by atoms with E-state index in [-0.39, 0.29) is 6.42 Å². The number of hydrogen-bond acceptors (Lipinski definition) is 2. The fraction of sp³-hybridized carbons (Fsp3) is 0.364. The molecule has 0 fully saturated rings. The first-order valence-electron chi connectivity index (χ1n) is 4.54. The first kappa shape index (κ1) is 9.19. The Balaban J connectivity index is 2.47. The van der Waals surface area contributed by atoms with Crippen molar-refractivity contribution in [3.05, 3.63) is 35.4 Å². The summed E-state index contributed by atoms with van der Waals surface area (Å²) in [7, 11) is 1.21.